The summed E-state index contributed by atoms with van der Waals surface area (Å²) in [5.41, 5.74) is 1.83. The summed E-state index contributed by atoms with van der Waals surface area (Å²) < 4.78 is 26.7. The molecular weight excluding hydrogens is 328 g/mol. The van der Waals surface area contributed by atoms with Gasteiger partial charge < -0.3 is 5.32 Å². The van der Waals surface area contributed by atoms with Crippen LogP contribution in [0.25, 0.3) is 0 Å². The van der Waals surface area contributed by atoms with E-state index in [1.165, 1.54) is 15.6 Å². The molecule has 1 aromatic carbocycles. The van der Waals surface area contributed by atoms with Gasteiger partial charge >= 0.3 is 0 Å². The summed E-state index contributed by atoms with van der Waals surface area (Å²) in [6, 6.07) is 8.93. The number of hydrogen-bond donors (Lipinski definition) is 1. The summed E-state index contributed by atoms with van der Waals surface area (Å²) in [6.45, 7) is 0.951. The SMILES string of the molecule is CNCc1csc(S(=O)(=O)N(C)Cc2cccc(Cl)c2)c1. The van der Waals surface area contributed by atoms with Gasteiger partial charge in [-0.3, -0.25) is 0 Å². The van der Waals surface area contributed by atoms with Crippen molar-refractivity contribution >= 4 is 33.0 Å². The average molecular weight is 345 g/mol. The Bertz CT molecular complexity index is 713. The molecule has 2 aromatic rings. The molecule has 0 spiro atoms. The maximum Gasteiger partial charge on any atom is 0.252 e. The summed E-state index contributed by atoms with van der Waals surface area (Å²) in [5.74, 6) is 0. The van der Waals surface area contributed by atoms with Gasteiger partial charge in [-0.05, 0) is 41.8 Å². The van der Waals surface area contributed by atoms with Crippen molar-refractivity contribution in [3.05, 3.63) is 51.9 Å². The van der Waals surface area contributed by atoms with Gasteiger partial charge in [0.2, 0.25) is 0 Å². The molecule has 4 nitrogen and oxygen atoms in total. The average Bonchev–Trinajstić information content (AvgIpc) is 2.88. The first kappa shape index (κ1) is 16.5. The summed E-state index contributed by atoms with van der Waals surface area (Å²) in [4.78, 5) is 0. The fourth-order valence-electron chi connectivity index (χ4n) is 1.92. The quantitative estimate of drug-likeness (QED) is 0.876. The van der Waals surface area contributed by atoms with Gasteiger partial charge in [-0.15, -0.1) is 11.3 Å². The molecule has 0 saturated carbocycles. The highest BCUT2D eigenvalue weighted by molar-refractivity contribution is 7.91. The summed E-state index contributed by atoms with van der Waals surface area (Å²) >= 11 is 7.17. The van der Waals surface area contributed by atoms with Gasteiger partial charge in [0.15, 0.2) is 0 Å². The Kier molecular flexibility index (Phi) is 5.40. The number of benzene rings is 1. The van der Waals surface area contributed by atoms with E-state index < -0.39 is 10.0 Å². The van der Waals surface area contributed by atoms with Crippen LogP contribution in [-0.4, -0.2) is 26.8 Å². The lowest BCUT2D eigenvalue weighted by Gasteiger charge is -2.16. The van der Waals surface area contributed by atoms with E-state index in [-0.39, 0.29) is 0 Å². The Labute approximate surface area is 134 Å². The topological polar surface area (TPSA) is 49.4 Å². The molecule has 0 aliphatic rings. The normalized spacial score (nSPS) is 12.0. The van der Waals surface area contributed by atoms with Crippen LogP contribution in [0, 0.1) is 0 Å². The van der Waals surface area contributed by atoms with Gasteiger partial charge in [-0.1, -0.05) is 23.7 Å². The second-order valence-corrected chi connectivity index (χ2v) is 8.31. The van der Waals surface area contributed by atoms with Crippen LogP contribution in [0.3, 0.4) is 0 Å². The van der Waals surface area contributed by atoms with Crippen molar-refractivity contribution < 1.29 is 8.42 Å². The number of halogens is 1. The molecule has 0 radical (unpaired) electrons. The number of nitrogens with one attached hydrogen (secondary N) is 1. The zero-order valence-corrected chi connectivity index (χ0v) is 14.2. The van der Waals surface area contributed by atoms with Crippen molar-refractivity contribution in [2.75, 3.05) is 14.1 Å². The van der Waals surface area contributed by atoms with Crippen LogP contribution in [0.2, 0.25) is 5.02 Å². The number of nitrogens with zero attached hydrogens (tertiary/aromatic N) is 1. The predicted octanol–water partition coefficient (Wildman–Crippen LogP) is 2.94. The minimum atomic E-state index is -3.47. The van der Waals surface area contributed by atoms with Crippen molar-refractivity contribution in [1.29, 1.82) is 0 Å². The summed E-state index contributed by atoms with van der Waals surface area (Å²) in [6.07, 6.45) is 0. The van der Waals surface area contributed by atoms with E-state index in [1.807, 2.05) is 24.6 Å². The largest absolute Gasteiger partial charge is 0.316 e. The van der Waals surface area contributed by atoms with Crippen LogP contribution in [-0.2, 0) is 23.1 Å². The van der Waals surface area contributed by atoms with Crippen LogP contribution in [0.15, 0.2) is 39.9 Å². The van der Waals surface area contributed by atoms with Gasteiger partial charge in [0.25, 0.3) is 10.0 Å². The first-order chi connectivity index (χ1) is 9.93. The Morgan fingerprint density at radius 1 is 1.29 bits per heavy atom. The third-order valence-electron chi connectivity index (χ3n) is 2.97. The van der Waals surface area contributed by atoms with Crippen LogP contribution < -0.4 is 5.32 Å². The lowest BCUT2D eigenvalue weighted by molar-refractivity contribution is 0.468. The monoisotopic (exact) mass is 344 g/mol. The first-order valence-corrected chi connectivity index (χ1v) is 9.06. The lowest BCUT2D eigenvalue weighted by atomic mass is 10.2. The zero-order valence-electron chi connectivity index (χ0n) is 11.8. The lowest BCUT2D eigenvalue weighted by Crippen LogP contribution is -2.25. The fraction of sp³-hybridized carbons (Fsp3) is 0.286. The Balaban J connectivity index is 2.17. The molecule has 2 rings (SSSR count). The first-order valence-electron chi connectivity index (χ1n) is 6.36. The third-order valence-corrected chi connectivity index (χ3v) is 6.47. The van der Waals surface area contributed by atoms with Crippen molar-refractivity contribution in [3.63, 3.8) is 0 Å². The molecule has 0 unspecified atom stereocenters. The van der Waals surface area contributed by atoms with Crippen molar-refractivity contribution in [2.24, 2.45) is 0 Å². The van der Waals surface area contributed by atoms with Gasteiger partial charge in [-0.2, -0.15) is 4.31 Å². The fourth-order valence-corrected chi connectivity index (χ4v) is 4.71. The number of sulfonamides is 1. The molecule has 7 heteroatoms. The molecule has 0 amide bonds. The van der Waals surface area contributed by atoms with Crippen molar-refractivity contribution in [3.8, 4) is 0 Å². The van der Waals surface area contributed by atoms with Crippen LogP contribution >= 0.6 is 22.9 Å². The second-order valence-electron chi connectivity index (χ2n) is 4.70. The van der Waals surface area contributed by atoms with Crippen LogP contribution in [0.1, 0.15) is 11.1 Å². The van der Waals surface area contributed by atoms with E-state index >= 15 is 0 Å². The molecule has 0 aliphatic heterocycles. The molecule has 114 valence electrons. The minimum absolute atomic E-state index is 0.294. The maximum absolute atomic E-state index is 12.5. The minimum Gasteiger partial charge on any atom is -0.316 e. The molecule has 0 fully saturated rings. The molecule has 21 heavy (non-hydrogen) atoms. The van der Waals surface area contributed by atoms with Gasteiger partial charge in [0, 0.05) is 25.2 Å². The van der Waals surface area contributed by atoms with Gasteiger partial charge in [0.1, 0.15) is 4.21 Å². The smallest absolute Gasteiger partial charge is 0.252 e. The highest BCUT2D eigenvalue weighted by atomic mass is 35.5. The summed E-state index contributed by atoms with van der Waals surface area (Å²) in [7, 11) is -0.0590. The Hall–Kier alpha value is -0.920. The molecule has 1 N–H and O–H groups in total. The molecule has 1 aromatic heterocycles. The van der Waals surface area contributed by atoms with E-state index in [0.29, 0.717) is 22.3 Å². The van der Waals surface area contributed by atoms with Gasteiger partial charge in [-0.25, -0.2) is 8.42 Å². The van der Waals surface area contributed by atoms with Crippen molar-refractivity contribution in [1.82, 2.24) is 9.62 Å². The molecule has 0 aliphatic carbocycles. The molecular formula is C14H17ClN2O2S2. The van der Waals surface area contributed by atoms with Crippen molar-refractivity contribution in [2.45, 2.75) is 17.3 Å². The molecule has 1 heterocycles. The number of rotatable bonds is 6. The molecule has 0 bridgehead atoms. The Morgan fingerprint density at radius 3 is 2.71 bits per heavy atom. The van der Waals surface area contributed by atoms with E-state index in [9.17, 15) is 8.42 Å². The summed E-state index contributed by atoms with van der Waals surface area (Å²) in [5, 5.41) is 5.47. The van der Waals surface area contributed by atoms with Crippen LogP contribution in [0.5, 0.6) is 0 Å². The van der Waals surface area contributed by atoms with E-state index in [2.05, 4.69) is 5.32 Å². The molecule has 0 saturated heterocycles. The standard InChI is InChI=1S/C14H17ClN2O2S2/c1-16-8-12-7-14(20-10-12)21(18,19)17(2)9-11-4-3-5-13(15)6-11/h3-7,10,16H,8-9H2,1-2H3. The van der Waals surface area contributed by atoms with Gasteiger partial charge in [0.05, 0.1) is 0 Å². The number of hydrogen-bond acceptors (Lipinski definition) is 4. The number of thiophene rings is 1. The maximum atomic E-state index is 12.5. The second kappa shape index (κ2) is 6.89. The van der Waals surface area contributed by atoms with E-state index in [0.717, 1.165) is 11.1 Å². The third kappa shape index (κ3) is 4.05. The highest BCUT2D eigenvalue weighted by Crippen LogP contribution is 2.24. The van der Waals surface area contributed by atoms with E-state index in [1.54, 1.807) is 25.2 Å². The van der Waals surface area contributed by atoms with E-state index in [4.69, 9.17) is 11.6 Å². The van der Waals surface area contributed by atoms with Crippen LogP contribution in [0.4, 0.5) is 0 Å². The zero-order chi connectivity index (χ0) is 15.5. The molecule has 0 atom stereocenters. The predicted molar refractivity (Wildman–Crippen MR) is 87.2 cm³/mol. The highest BCUT2D eigenvalue weighted by Gasteiger charge is 2.22. The Morgan fingerprint density at radius 2 is 2.05 bits per heavy atom.